The van der Waals surface area contributed by atoms with Crippen LogP contribution in [0.5, 0.6) is 11.6 Å². The molecule has 4 nitrogen and oxygen atoms in total. The lowest BCUT2D eigenvalue weighted by Crippen LogP contribution is -2.21. The van der Waals surface area contributed by atoms with E-state index in [-0.39, 0.29) is 6.10 Å². The van der Waals surface area contributed by atoms with E-state index in [1.807, 2.05) is 18.2 Å². The summed E-state index contributed by atoms with van der Waals surface area (Å²) in [5.74, 6) is 1.85. The lowest BCUT2D eigenvalue weighted by Gasteiger charge is -2.24. The summed E-state index contributed by atoms with van der Waals surface area (Å²) < 4.78 is 11.3. The van der Waals surface area contributed by atoms with Gasteiger partial charge >= 0.3 is 0 Å². The van der Waals surface area contributed by atoms with Crippen molar-refractivity contribution in [2.24, 2.45) is 5.92 Å². The van der Waals surface area contributed by atoms with Crippen molar-refractivity contribution in [3.05, 3.63) is 54.2 Å². The molecule has 2 atom stereocenters. The number of benzene rings is 1. The van der Waals surface area contributed by atoms with Crippen LogP contribution in [0, 0.1) is 5.92 Å². The van der Waals surface area contributed by atoms with Crippen molar-refractivity contribution in [3.63, 3.8) is 0 Å². The number of nitrogens with zero attached hydrogens (tertiary/aromatic N) is 1. The van der Waals surface area contributed by atoms with Crippen LogP contribution < -0.4 is 14.8 Å². The minimum Gasteiger partial charge on any atom is -0.484 e. The Morgan fingerprint density at radius 2 is 2.05 bits per heavy atom. The quantitative estimate of drug-likeness (QED) is 0.917. The lowest BCUT2D eigenvalue weighted by molar-refractivity contribution is 0.143. The van der Waals surface area contributed by atoms with Crippen LogP contribution in [-0.2, 0) is 0 Å². The number of methoxy groups -OCH3 is 1. The summed E-state index contributed by atoms with van der Waals surface area (Å²) in [4.78, 5) is 4.21. The van der Waals surface area contributed by atoms with Crippen LogP contribution >= 0.6 is 0 Å². The molecule has 1 aliphatic rings. The Morgan fingerprint density at radius 3 is 2.67 bits per heavy atom. The maximum Gasteiger partial charge on any atom is 0.213 e. The Labute approximate surface area is 125 Å². The van der Waals surface area contributed by atoms with Crippen LogP contribution in [0.4, 0.5) is 0 Å². The average Bonchev–Trinajstić information content (AvgIpc) is 3.08. The number of aromatic nitrogens is 1. The first kappa shape index (κ1) is 13.9. The van der Waals surface area contributed by atoms with Crippen molar-refractivity contribution >= 4 is 0 Å². The number of pyridine rings is 1. The van der Waals surface area contributed by atoms with Gasteiger partial charge in [-0.1, -0.05) is 30.3 Å². The fourth-order valence-electron chi connectivity index (χ4n) is 2.72. The summed E-state index contributed by atoms with van der Waals surface area (Å²) in [7, 11) is 1.61. The van der Waals surface area contributed by atoms with Crippen molar-refractivity contribution in [2.75, 3.05) is 20.2 Å². The van der Waals surface area contributed by atoms with Crippen molar-refractivity contribution < 1.29 is 9.47 Å². The van der Waals surface area contributed by atoms with E-state index < -0.39 is 0 Å². The Hall–Kier alpha value is -2.07. The van der Waals surface area contributed by atoms with Crippen LogP contribution in [0.3, 0.4) is 0 Å². The molecule has 4 heteroatoms. The molecule has 110 valence electrons. The van der Waals surface area contributed by atoms with E-state index in [9.17, 15) is 0 Å². The smallest absolute Gasteiger partial charge is 0.213 e. The Kier molecular flexibility index (Phi) is 4.36. The van der Waals surface area contributed by atoms with E-state index >= 15 is 0 Å². The highest BCUT2D eigenvalue weighted by Crippen LogP contribution is 2.32. The zero-order valence-corrected chi connectivity index (χ0v) is 12.2. The lowest BCUT2D eigenvalue weighted by atomic mass is 9.95. The minimum atomic E-state index is 0.0522. The third kappa shape index (κ3) is 3.34. The fraction of sp³-hybridized carbons (Fsp3) is 0.353. The van der Waals surface area contributed by atoms with Crippen LogP contribution in [0.25, 0.3) is 0 Å². The molecule has 1 aromatic heterocycles. The molecule has 1 saturated heterocycles. The summed E-state index contributed by atoms with van der Waals surface area (Å²) in [6.45, 7) is 2.04. The van der Waals surface area contributed by atoms with Gasteiger partial charge in [0.15, 0.2) is 0 Å². The topological polar surface area (TPSA) is 43.4 Å². The number of hydrogen-bond acceptors (Lipinski definition) is 4. The average molecular weight is 284 g/mol. The van der Waals surface area contributed by atoms with Gasteiger partial charge in [-0.05, 0) is 24.6 Å². The third-order valence-electron chi connectivity index (χ3n) is 3.84. The second-order valence-electron chi connectivity index (χ2n) is 5.24. The Bertz CT molecular complexity index is 551. The molecule has 2 aromatic rings. The van der Waals surface area contributed by atoms with Gasteiger partial charge in [0.25, 0.3) is 0 Å². The molecular weight excluding hydrogens is 264 g/mol. The van der Waals surface area contributed by atoms with E-state index in [2.05, 4.69) is 34.6 Å². The van der Waals surface area contributed by atoms with E-state index in [0.717, 1.165) is 25.3 Å². The molecular formula is C17H20N2O2. The molecule has 0 aliphatic carbocycles. The van der Waals surface area contributed by atoms with Crippen molar-refractivity contribution in [2.45, 2.75) is 12.5 Å². The zero-order chi connectivity index (χ0) is 14.5. The first-order chi connectivity index (χ1) is 10.4. The van der Waals surface area contributed by atoms with Crippen LogP contribution in [0.1, 0.15) is 18.1 Å². The summed E-state index contributed by atoms with van der Waals surface area (Å²) in [5.41, 5.74) is 1.21. The summed E-state index contributed by atoms with van der Waals surface area (Å²) >= 11 is 0. The maximum atomic E-state index is 6.23. The fourth-order valence-corrected chi connectivity index (χ4v) is 2.72. The van der Waals surface area contributed by atoms with Crippen LogP contribution in [0.15, 0.2) is 48.7 Å². The number of rotatable bonds is 5. The van der Waals surface area contributed by atoms with Gasteiger partial charge in [-0.25, -0.2) is 4.98 Å². The molecule has 0 bridgehead atoms. The number of ether oxygens (including phenoxy) is 2. The molecule has 1 unspecified atom stereocenters. The van der Waals surface area contributed by atoms with E-state index in [1.165, 1.54) is 5.56 Å². The highest BCUT2D eigenvalue weighted by molar-refractivity contribution is 5.26. The van der Waals surface area contributed by atoms with Gasteiger partial charge in [0, 0.05) is 18.5 Å². The Balaban J connectivity index is 1.81. The largest absolute Gasteiger partial charge is 0.484 e. The van der Waals surface area contributed by atoms with Gasteiger partial charge < -0.3 is 14.8 Å². The molecule has 0 amide bonds. The first-order valence-corrected chi connectivity index (χ1v) is 7.29. The maximum absolute atomic E-state index is 6.23. The van der Waals surface area contributed by atoms with Crippen molar-refractivity contribution in [3.8, 4) is 11.6 Å². The van der Waals surface area contributed by atoms with Crippen molar-refractivity contribution in [1.29, 1.82) is 0 Å². The van der Waals surface area contributed by atoms with Gasteiger partial charge in [0.1, 0.15) is 11.9 Å². The van der Waals surface area contributed by atoms with E-state index in [0.29, 0.717) is 11.8 Å². The molecule has 2 heterocycles. The molecule has 1 aliphatic heterocycles. The molecule has 1 aromatic carbocycles. The van der Waals surface area contributed by atoms with Gasteiger partial charge in [-0.15, -0.1) is 0 Å². The highest BCUT2D eigenvalue weighted by atomic mass is 16.5. The van der Waals surface area contributed by atoms with Gasteiger partial charge in [-0.2, -0.15) is 0 Å². The SMILES string of the molecule is COc1ccc(O[C@@H](c2ccccc2)C2CCNC2)cn1. The Morgan fingerprint density at radius 1 is 1.19 bits per heavy atom. The second kappa shape index (κ2) is 6.59. The molecule has 21 heavy (non-hydrogen) atoms. The van der Waals surface area contributed by atoms with Crippen molar-refractivity contribution in [1.82, 2.24) is 10.3 Å². The number of nitrogens with one attached hydrogen (secondary N) is 1. The van der Waals surface area contributed by atoms with E-state index in [1.54, 1.807) is 13.3 Å². The normalized spacial score (nSPS) is 19.2. The molecule has 3 rings (SSSR count). The van der Waals surface area contributed by atoms with Crippen LogP contribution in [0.2, 0.25) is 0 Å². The predicted octanol–water partition coefficient (Wildman–Crippen LogP) is 2.82. The molecule has 0 saturated carbocycles. The molecule has 0 spiro atoms. The standard InChI is InChI=1S/C17H20N2O2/c1-20-16-8-7-15(12-19-16)21-17(14-9-10-18-11-14)13-5-3-2-4-6-13/h2-8,12,14,17-18H,9-11H2,1H3/t14?,17-/m0/s1. The van der Waals surface area contributed by atoms with Gasteiger partial charge in [-0.3, -0.25) is 0 Å². The summed E-state index contributed by atoms with van der Waals surface area (Å²) in [6.07, 6.45) is 2.90. The predicted molar refractivity (Wildman–Crippen MR) is 81.6 cm³/mol. The molecule has 1 fully saturated rings. The highest BCUT2D eigenvalue weighted by Gasteiger charge is 2.28. The minimum absolute atomic E-state index is 0.0522. The van der Waals surface area contributed by atoms with Crippen LogP contribution in [-0.4, -0.2) is 25.2 Å². The number of hydrogen-bond donors (Lipinski definition) is 1. The second-order valence-corrected chi connectivity index (χ2v) is 5.24. The first-order valence-electron chi connectivity index (χ1n) is 7.29. The van der Waals surface area contributed by atoms with Gasteiger partial charge in [0.2, 0.25) is 5.88 Å². The molecule has 0 radical (unpaired) electrons. The summed E-state index contributed by atoms with van der Waals surface area (Å²) in [6, 6.07) is 14.1. The zero-order valence-electron chi connectivity index (χ0n) is 12.2. The third-order valence-corrected chi connectivity index (χ3v) is 3.84. The van der Waals surface area contributed by atoms with Gasteiger partial charge in [0.05, 0.1) is 13.3 Å². The monoisotopic (exact) mass is 284 g/mol. The van der Waals surface area contributed by atoms with E-state index in [4.69, 9.17) is 9.47 Å². The summed E-state index contributed by atoms with van der Waals surface area (Å²) in [5, 5.41) is 3.41. The molecule has 1 N–H and O–H groups in total.